The van der Waals surface area contributed by atoms with Gasteiger partial charge in [-0.3, -0.25) is 19.1 Å². The molecule has 0 fully saturated rings. The Labute approximate surface area is 193 Å². The lowest BCUT2D eigenvalue weighted by Crippen LogP contribution is -2.53. The van der Waals surface area contributed by atoms with Gasteiger partial charge in [0.1, 0.15) is 11.6 Å². The standard InChI is InChI=1S/C25H23F2N3O4/c1-12(2)29-11-19(30-21(24(29)33)22(31)23(32)28-25(30)34)20-15-5-3-7-17(26)13(15)9-10-14-16(20)6-4-8-18(14)27/h3-8,12,19-20,31H,9-11H2,1-2H3,(H,28,32,34). The summed E-state index contributed by atoms with van der Waals surface area (Å²) >= 11 is 0. The summed E-state index contributed by atoms with van der Waals surface area (Å²) in [6.45, 7) is 3.61. The second-order valence-corrected chi connectivity index (χ2v) is 9.04. The van der Waals surface area contributed by atoms with Crippen molar-refractivity contribution in [2.24, 2.45) is 0 Å². The molecule has 1 amide bonds. The summed E-state index contributed by atoms with van der Waals surface area (Å²) in [6, 6.07) is 8.16. The fourth-order valence-corrected chi connectivity index (χ4v) is 5.36. The first-order valence-corrected chi connectivity index (χ1v) is 11.1. The van der Waals surface area contributed by atoms with Crippen LogP contribution in [0.15, 0.2) is 46.0 Å². The third-order valence-electron chi connectivity index (χ3n) is 6.91. The Morgan fingerprint density at radius 2 is 1.53 bits per heavy atom. The lowest BCUT2D eigenvalue weighted by Gasteiger charge is -2.41. The summed E-state index contributed by atoms with van der Waals surface area (Å²) in [5, 5.41) is 10.5. The lowest BCUT2D eigenvalue weighted by atomic mass is 9.81. The zero-order valence-electron chi connectivity index (χ0n) is 18.6. The van der Waals surface area contributed by atoms with Crippen molar-refractivity contribution in [3.05, 3.63) is 96.8 Å². The summed E-state index contributed by atoms with van der Waals surface area (Å²) in [5.41, 5.74) is -0.350. The Hall–Kier alpha value is -3.75. The molecule has 34 heavy (non-hydrogen) atoms. The number of aromatic amines is 1. The number of benzene rings is 2. The molecular formula is C25H23F2N3O4. The van der Waals surface area contributed by atoms with E-state index in [0.717, 1.165) is 4.57 Å². The average Bonchev–Trinajstić information content (AvgIpc) is 2.96. The molecule has 0 saturated carbocycles. The molecular weight excluding hydrogens is 444 g/mol. The van der Waals surface area contributed by atoms with Crippen LogP contribution in [-0.4, -0.2) is 38.1 Å². The fourth-order valence-electron chi connectivity index (χ4n) is 5.36. The number of aromatic hydroxyl groups is 1. The van der Waals surface area contributed by atoms with E-state index >= 15 is 0 Å². The van der Waals surface area contributed by atoms with Gasteiger partial charge in [0.15, 0.2) is 5.69 Å². The normalized spacial score (nSPS) is 17.9. The quantitative estimate of drug-likeness (QED) is 0.606. The summed E-state index contributed by atoms with van der Waals surface area (Å²) in [6.07, 6.45) is 0.537. The molecule has 5 rings (SSSR count). The number of hydrogen-bond donors (Lipinski definition) is 2. The average molecular weight is 467 g/mol. The molecule has 3 aromatic rings. The summed E-state index contributed by atoms with van der Waals surface area (Å²) in [7, 11) is 0. The molecule has 1 unspecified atom stereocenters. The molecule has 7 nitrogen and oxygen atoms in total. The van der Waals surface area contributed by atoms with Crippen LogP contribution in [0.4, 0.5) is 8.78 Å². The monoisotopic (exact) mass is 467 g/mol. The van der Waals surface area contributed by atoms with Gasteiger partial charge in [-0.25, -0.2) is 13.6 Å². The van der Waals surface area contributed by atoms with E-state index in [0.29, 0.717) is 22.3 Å². The number of fused-ring (bicyclic) bond motifs is 3. The zero-order chi connectivity index (χ0) is 24.3. The molecule has 0 saturated heterocycles. The van der Waals surface area contributed by atoms with Crippen molar-refractivity contribution in [1.82, 2.24) is 14.5 Å². The van der Waals surface area contributed by atoms with Crippen LogP contribution < -0.4 is 11.2 Å². The number of carbonyl (C=O) groups is 1. The first kappa shape index (κ1) is 22.1. The number of nitrogens with zero attached hydrogens (tertiary/aromatic N) is 2. The van der Waals surface area contributed by atoms with Gasteiger partial charge in [0.2, 0.25) is 5.75 Å². The van der Waals surface area contributed by atoms with Crippen molar-refractivity contribution in [1.29, 1.82) is 0 Å². The number of amides is 1. The zero-order valence-corrected chi connectivity index (χ0v) is 18.6. The summed E-state index contributed by atoms with van der Waals surface area (Å²) in [4.78, 5) is 41.9. The van der Waals surface area contributed by atoms with Crippen molar-refractivity contribution >= 4 is 5.91 Å². The molecule has 1 aliphatic carbocycles. The van der Waals surface area contributed by atoms with E-state index in [1.54, 1.807) is 38.1 Å². The Bertz CT molecular complexity index is 1390. The fraction of sp³-hybridized carbons (Fsp3) is 0.320. The number of halogens is 2. The van der Waals surface area contributed by atoms with E-state index in [4.69, 9.17) is 0 Å². The third kappa shape index (κ3) is 3.18. The van der Waals surface area contributed by atoms with Crippen LogP contribution in [0.5, 0.6) is 5.75 Å². The highest BCUT2D eigenvalue weighted by Crippen LogP contribution is 2.44. The predicted molar refractivity (Wildman–Crippen MR) is 120 cm³/mol. The van der Waals surface area contributed by atoms with Gasteiger partial charge in [0, 0.05) is 18.5 Å². The highest BCUT2D eigenvalue weighted by atomic mass is 19.1. The minimum atomic E-state index is -1.06. The Balaban J connectivity index is 1.87. The van der Waals surface area contributed by atoms with Crippen molar-refractivity contribution in [3.8, 4) is 5.75 Å². The molecule has 0 spiro atoms. The first-order chi connectivity index (χ1) is 16.2. The van der Waals surface area contributed by atoms with Crippen molar-refractivity contribution in [3.63, 3.8) is 0 Å². The molecule has 0 radical (unpaired) electrons. The van der Waals surface area contributed by atoms with E-state index in [2.05, 4.69) is 4.98 Å². The number of rotatable bonds is 2. The Morgan fingerprint density at radius 1 is 0.971 bits per heavy atom. The van der Waals surface area contributed by atoms with E-state index in [1.165, 1.54) is 17.0 Å². The van der Waals surface area contributed by atoms with Gasteiger partial charge < -0.3 is 10.0 Å². The van der Waals surface area contributed by atoms with Crippen LogP contribution >= 0.6 is 0 Å². The van der Waals surface area contributed by atoms with Gasteiger partial charge in [-0.05, 0) is 61.1 Å². The van der Waals surface area contributed by atoms with E-state index in [1.807, 2.05) is 0 Å². The molecule has 1 atom stereocenters. The molecule has 0 bridgehead atoms. The molecule has 2 aromatic carbocycles. The van der Waals surface area contributed by atoms with Crippen molar-refractivity contribution in [2.45, 2.75) is 44.7 Å². The summed E-state index contributed by atoms with van der Waals surface area (Å²) < 4.78 is 31.0. The maximum absolute atomic E-state index is 15.0. The topological polar surface area (TPSA) is 95.4 Å². The molecule has 9 heteroatoms. The largest absolute Gasteiger partial charge is 0.501 e. The van der Waals surface area contributed by atoms with Crippen LogP contribution in [0.25, 0.3) is 0 Å². The first-order valence-electron chi connectivity index (χ1n) is 11.1. The lowest BCUT2D eigenvalue weighted by molar-refractivity contribution is 0.0581. The molecule has 1 aromatic heterocycles. The molecule has 2 heterocycles. The highest BCUT2D eigenvalue weighted by Gasteiger charge is 2.43. The third-order valence-corrected chi connectivity index (χ3v) is 6.91. The summed E-state index contributed by atoms with van der Waals surface area (Å²) in [5.74, 6) is -3.08. The van der Waals surface area contributed by atoms with Crippen molar-refractivity contribution in [2.75, 3.05) is 6.54 Å². The van der Waals surface area contributed by atoms with E-state index < -0.39 is 52.2 Å². The van der Waals surface area contributed by atoms with Gasteiger partial charge >= 0.3 is 5.69 Å². The van der Waals surface area contributed by atoms with Gasteiger partial charge in [-0.1, -0.05) is 24.3 Å². The molecule has 2 aliphatic rings. The second kappa shape index (κ2) is 7.93. The smallest absolute Gasteiger partial charge is 0.329 e. The number of hydrogen-bond acceptors (Lipinski definition) is 4. The van der Waals surface area contributed by atoms with Crippen LogP contribution in [0.3, 0.4) is 0 Å². The number of carbonyl (C=O) groups excluding carboxylic acids is 1. The second-order valence-electron chi connectivity index (χ2n) is 9.04. The maximum Gasteiger partial charge on any atom is 0.329 e. The highest BCUT2D eigenvalue weighted by molar-refractivity contribution is 5.96. The van der Waals surface area contributed by atoms with Gasteiger partial charge in [0.25, 0.3) is 11.5 Å². The van der Waals surface area contributed by atoms with Crippen LogP contribution in [0.1, 0.15) is 58.5 Å². The maximum atomic E-state index is 15.0. The number of nitrogens with one attached hydrogen (secondary N) is 1. The van der Waals surface area contributed by atoms with Crippen LogP contribution in [0, 0.1) is 11.6 Å². The predicted octanol–water partition coefficient (Wildman–Crippen LogP) is 2.86. The SMILES string of the molecule is CC(C)N1CC(C2c3cccc(F)c3CCc3c(F)cccc32)n2c(c(O)c(=O)[nH]c2=O)C1=O. The molecule has 2 N–H and O–H groups in total. The van der Waals surface area contributed by atoms with Gasteiger partial charge in [-0.2, -0.15) is 0 Å². The Kier molecular flexibility index (Phi) is 5.15. The minimum absolute atomic E-state index is 0.0471. The molecule has 176 valence electrons. The van der Waals surface area contributed by atoms with Gasteiger partial charge in [-0.15, -0.1) is 0 Å². The number of H-pyrrole nitrogens is 1. The van der Waals surface area contributed by atoms with Gasteiger partial charge in [0.05, 0.1) is 6.04 Å². The van der Waals surface area contributed by atoms with Crippen LogP contribution in [-0.2, 0) is 12.8 Å². The van der Waals surface area contributed by atoms with Crippen LogP contribution in [0.2, 0.25) is 0 Å². The van der Waals surface area contributed by atoms with Crippen molar-refractivity contribution < 1.29 is 18.7 Å². The van der Waals surface area contributed by atoms with E-state index in [-0.39, 0.29) is 25.4 Å². The number of aromatic nitrogens is 2. The Morgan fingerprint density at radius 3 is 2.06 bits per heavy atom. The molecule has 1 aliphatic heterocycles. The van der Waals surface area contributed by atoms with E-state index in [9.17, 15) is 28.3 Å². The minimum Gasteiger partial charge on any atom is -0.501 e.